The van der Waals surface area contributed by atoms with Crippen LogP contribution in [0.1, 0.15) is 19.4 Å². The zero-order valence-corrected chi connectivity index (χ0v) is 11.7. The molecule has 2 N–H and O–H groups in total. The molecule has 0 aromatic heterocycles. The molecular formula is C11H15BrN2OS. The Balaban J connectivity index is 2.63. The van der Waals surface area contributed by atoms with Crippen molar-refractivity contribution in [3.8, 4) is 0 Å². The summed E-state index contributed by atoms with van der Waals surface area (Å²) in [5.74, 6) is 0. The number of thiocarbonyl (C=S) groups is 1. The van der Waals surface area contributed by atoms with E-state index in [1.807, 2.05) is 19.1 Å². The Morgan fingerprint density at radius 1 is 1.44 bits per heavy atom. The van der Waals surface area contributed by atoms with Crippen molar-refractivity contribution in [3.05, 3.63) is 28.2 Å². The monoisotopic (exact) mass is 302 g/mol. The third kappa shape index (κ3) is 3.98. The van der Waals surface area contributed by atoms with E-state index < -0.39 is 0 Å². The summed E-state index contributed by atoms with van der Waals surface area (Å²) in [5.41, 5.74) is 8.09. The zero-order chi connectivity index (χ0) is 12.0. The Hall–Kier alpha value is -0.810. The van der Waals surface area contributed by atoms with Crippen LogP contribution in [-0.4, -0.2) is 11.8 Å². The first-order chi connectivity index (χ1) is 7.67. The minimum Gasteiger partial charge on any atom is -0.470 e. The second-order valence-corrected chi connectivity index (χ2v) is 4.41. The fourth-order valence-corrected chi connectivity index (χ4v) is 1.84. The molecule has 0 radical (unpaired) electrons. The third-order valence-corrected chi connectivity index (χ3v) is 2.74. The minimum absolute atomic E-state index is 0.354. The molecule has 5 heteroatoms. The molecule has 0 bridgehead atoms. The zero-order valence-electron chi connectivity index (χ0n) is 9.34. The van der Waals surface area contributed by atoms with E-state index in [0.717, 1.165) is 16.6 Å². The number of halogens is 1. The predicted octanol–water partition coefficient (Wildman–Crippen LogP) is 3.25. The number of hydrogen-bond donors (Lipinski definition) is 2. The molecule has 1 aromatic rings. The Labute approximate surface area is 110 Å². The van der Waals surface area contributed by atoms with E-state index in [2.05, 4.69) is 39.8 Å². The second-order valence-electron chi connectivity index (χ2n) is 3.13. The molecule has 0 fully saturated rings. The number of hydrogen-bond acceptors (Lipinski definition) is 3. The largest absolute Gasteiger partial charge is 0.470 e. The highest BCUT2D eigenvalue weighted by Gasteiger charge is 2.01. The Bertz CT molecular complexity index is 371. The Morgan fingerprint density at radius 2 is 2.19 bits per heavy atom. The van der Waals surface area contributed by atoms with Gasteiger partial charge in [0.2, 0.25) is 0 Å². The number of aryl methyl sites for hydroxylation is 1. The summed E-state index contributed by atoms with van der Waals surface area (Å²) < 4.78 is 6.18. The van der Waals surface area contributed by atoms with Crippen molar-refractivity contribution in [1.29, 1.82) is 0 Å². The molecule has 1 aromatic carbocycles. The van der Waals surface area contributed by atoms with Gasteiger partial charge in [-0.3, -0.25) is 10.9 Å². The van der Waals surface area contributed by atoms with Gasteiger partial charge < -0.3 is 4.74 Å². The van der Waals surface area contributed by atoms with Crippen LogP contribution in [0.15, 0.2) is 22.7 Å². The van der Waals surface area contributed by atoms with Gasteiger partial charge in [0, 0.05) is 4.47 Å². The fraction of sp³-hybridized carbons (Fsp3) is 0.364. The van der Waals surface area contributed by atoms with Crippen molar-refractivity contribution in [2.75, 3.05) is 12.0 Å². The number of anilines is 1. The summed E-state index contributed by atoms with van der Waals surface area (Å²) in [7, 11) is 0. The normalized spacial score (nSPS) is 9.69. The van der Waals surface area contributed by atoms with Crippen LogP contribution in [0.3, 0.4) is 0 Å². The minimum atomic E-state index is 0.354. The predicted molar refractivity (Wildman–Crippen MR) is 74.5 cm³/mol. The van der Waals surface area contributed by atoms with Gasteiger partial charge in [-0.1, -0.05) is 22.9 Å². The lowest BCUT2D eigenvalue weighted by Crippen LogP contribution is -2.30. The van der Waals surface area contributed by atoms with Crippen LogP contribution in [0.25, 0.3) is 0 Å². The van der Waals surface area contributed by atoms with E-state index in [0.29, 0.717) is 11.8 Å². The lowest BCUT2D eigenvalue weighted by atomic mass is 10.1. The highest BCUT2D eigenvalue weighted by molar-refractivity contribution is 9.10. The maximum absolute atomic E-state index is 5.11. The molecule has 1 rings (SSSR count). The smallest absolute Gasteiger partial charge is 0.275 e. The first kappa shape index (κ1) is 13.3. The summed E-state index contributed by atoms with van der Waals surface area (Å²) in [6, 6.07) is 6.05. The van der Waals surface area contributed by atoms with Crippen LogP contribution >= 0.6 is 28.1 Å². The Morgan fingerprint density at radius 3 is 2.81 bits per heavy atom. The summed E-state index contributed by atoms with van der Waals surface area (Å²) in [4.78, 5) is 0. The van der Waals surface area contributed by atoms with Crippen LogP contribution in [-0.2, 0) is 11.2 Å². The van der Waals surface area contributed by atoms with Gasteiger partial charge in [0.1, 0.15) is 0 Å². The molecule has 0 saturated carbocycles. The molecule has 88 valence electrons. The third-order valence-electron chi connectivity index (χ3n) is 2.02. The summed E-state index contributed by atoms with van der Waals surface area (Å²) >= 11 is 8.40. The molecule has 0 atom stereocenters. The van der Waals surface area contributed by atoms with Crippen LogP contribution < -0.4 is 10.9 Å². The van der Waals surface area contributed by atoms with Crippen LogP contribution in [0, 0.1) is 0 Å². The molecule has 0 unspecified atom stereocenters. The van der Waals surface area contributed by atoms with E-state index in [4.69, 9.17) is 17.0 Å². The molecule has 3 nitrogen and oxygen atoms in total. The van der Waals surface area contributed by atoms with Gasteiger partial charge in [-0.2, -0.15) is 0 Å². The molecule has 16 heavy (non-hydrogen) atoms. The van der Waals surface area contributed by atoms with E-state index in [1.54, 1.807) is 0 Å². The van der Waals surface area contributed by atoms with Gasteiger partial charge in [-0.25, -0.2) is 0 Å². The molecule has 0 amide bonds. The number of ether oxygens (including phenoxy) is 1. The molecule has 0 heterocycles. The van der Waals surface area contributed by atoms with Gasteiger partial charge in [0.05, 0.1) is 12.3 Å². The lowest BCUT2D eigenvalue weighted by molar-refractivity contribution is 0.323. The van der Waals surface area contributed by atoms with Gasteiger partial charge in [0.15, 0.2) is 0 Å². The SMILES string of the molecule is CCOC(=S)NNc1ccc(Br)cc1CC. The van der Waals surface area contributed by atoms with E-state index >= 15 is 0 Å². The van der Waals surface area contributed by atoms with Gasteiger partial charge >= 0.3 is 0 Å². The number of nitrogens with one attached hydrogen (secondary N) is 2. The fourth-order valence-electron chi connectivity index (χ4n) is 1.26. The lowest BCUT2D eigenvalue weighted by Gasteiger charge is -2.13. The molecule has 0 aliphatic rings. The van der Waals surface area contributed by atoms with Crippen molar-refractivity contribution < 1.29 is 4.74 Å². The summed E-state index contributed by atoms with van der Waals surface area (Å²) in [5, 5.41) is 0.354. The van der Waals surface area contributed by atoms with Crippen LogP contribution in [0.2, 0.25) is 0 Å². The van der Waals surface area contributed by atoms with Gasteiger partial charge in [-0.05, 0) is 49.3 Å². The molecule has 0 saturated heterocycles. The van der Waals surface area contributed by atoms with E-state index in [9.17, 15) is 0 Å². The number of benzene rings is 1. The average Bonchev–Trinajstić information content (AvgIpc) is 2.27. The number of rotatable bonds is 4. The molecule has 0 aliphatic carbocycles. The van der Waals surface area contributed by atoms with Crippen molar-refractivity contribution in [2.24, 2.45) is 0 Å². The van der Waals surface area contributed by atoms with Crippen molar-refractivity contribution in [3.63, 3.8) is 0 Å². The van der Waals surface area contributed by atoms with Gasteiger partial charge in [-0.15, -0.1) is 0 Å². The quantitative estimate of drug-likeness (QED) is 0.661. The summed E-state index contributed by atoms with van der Waals surface area (Å²) in [6.45, 7) is 4.56. The van der Waals surface area contributed by atoms with E-state index in [-0.39, 0.29) is 0 Å². The topological polar surface area (TPSA) is 33.3 Å². The van der Waals surface area contributed by atoms with Crippen LogP contribution in [0.4, 0.5) is 5.69 Å². The van der Waals surface area contributed by atoms with Gasteiger partial charge in [0.25, 0.3) is 5.17 Å². The standard InChI is InChI=1S/C11H15BrN2OS/c1-3-8-7-9(12)5-6-10(8)13-14-11(16)15-4-2/h5-7,13H,3-4H2,1-2H3,(H,14,16). The molecule has 0 spiro atoms. The maximum Gasteiger partial charge on any atom is 0.275 e. The van der Waals surface area contributed by atoms with E-state index in [1.165, 1.54) is 5.56 Å². The van der Waals surface area contributed by atoms with Crippen molar-refractivity contribution in [2.45, 2.75) is 20.3 Å². The highest BCUT2D eigenvalue weighted by atomic mass is 79.9. The van der Waals surface area contributed by atoms with Crippen LogP contribution in [0.5, 0.6) is 0 Å². The average molecular weight is 303 g/mol. The first-order valence-corrected chi connectivity index (χ1v) is 6.34. The van der Waals surface area contributed by atoms with Crippen molar-refractivity contribution >= 4 is 39.0 Å². The number of hydrazine groups is 1. The molecule has 0 aliphatic heterocycles. The highest BCUT2D eigenvalue weighted by Crippen LogP contribution is 2.20. The first-order valence-electron chi connectivity index (χ1n) is 5.14. The summed E-state index contributed by atoms with van der Waals surface area (Å²) in [6.07, 6.45) is 0.949. The maximum atomic E-state index is 5.11. The Kier molecular flexibility index (Phi) is 5.55. The van der Waals surface area contributed by atoms with Crippen molar-refractivity contribution in [1.82, 2.24) is 5.43 Å². The molecular weight excluding hydrogens is 288 g/mol. The second kappa shape index (κ2) is 6.70.